The minimum atomic E-state index is -3.97. The summed E-state index contributed by atoms with van der Waals surface area (Å²) in [5, 5.41) is 23.0. The second kappa shape index (κ2) is 8.26. The van der Waals surface area contributed by atoms with Crippen LogP contribution < -0.4 is 10.4 Å². The maximum atomic E-state index is 13.3. The molecule has 0 bridgehead atoms. The van der Waals surface area contributed by atoms with Gasteiger partial charge in [-0.1, -0.05) is 0 Å². The van der Waals surface area contributed by atoms with Gasteiger partial charge >= 0.3 is 0 Å². The van der Waals surface area contributed by atoms with Crippen molar-refractivity contribution in [3.63, 3.8) is 0 Å². The smallest absolute Gasteiger partial charge is 0.266 e. The molecular formula is C17H23N7O5S. The quantitative estimate of drug-likeness (QED) is 0.410. The lowest BCUT2D eigenvalue weighted by atomic mass is 9.98. The largest absolute Gasteiger partial charge is 0.381 e. The monoisotopic (exact) mass is 437 g/mol. The van der Waals surface area contributed by atoms with E-state index in [0.717, 1.165) is 11.3 Å². The summed E-state index contributed by atoms with van der Waals surface area (Å²) in [6.07, 6.45) is 0.0268. The Hall–Kier alpha value is -2.61. The number of benzene rings is 1. The average Bonchev–Trinajstić information content (AvgIpc) is 3.34. The Morgan fingerprint density at radius 2 is 1.80 bits per heavy atom. The molecule has 12 nitrogen and oxygen atoms in total. The SMILES string of the molecule is O=C(NO)C1(S(=O)(=O)N2CCN(c3ccc(-c4nn[nH]n4)cc3)CC2)CCOCC1. The van der Waals surface area contributed by atoms with Crippen LogP contribution in [0.3, 0.4) is 0 Å². The highest BCUT2D eigenvalue weighted by atomic mass is 32.2. The Labute approximate surface area is 173 Å². The van der Waals surface area contributed by atoms with Crippen LogP contribution in [0.2, 0.25) is 0 Å². The number of piperazine rings is 1. The summed E-state index contributed by atoms with van der Waals surface area (Å²) in [5.74, 6) is -0.397. The first-order chi connectivity index (χ1) is 14.5. The number of nitrogens with zero attached hydrogens (tertiary/aromatic N) is 5. The molecule has 2 aliphatic heterocycles. The number of hydrogen-bond acceptors (Lipinski definition) is 9. The van der Waals surface area contributed by atoms with Crippen molar-refractivity contribution in [3.05, 3.63) is 24.3 Å². The Morgan fingerprint density at radius 1 is 1.13 bits per heavy atom. The van der Waals surface area contributed by atoms with Crippen LogP contribution in [0.5, 0.6) is 0 Å². The number of aromatic nitrogens is 4. The van der Waals surface area contributed by atoms with Crippen molar-refractivity contribution in [2.45, 2.75) is 17.6 Å². The summed E-state index contributed by atoms with van der Waals surface area (Å²) in [4.78, 5) is 14.4. The third-order valence-electron chi connectivity index (χ3n) is 5.72. The number of carbonyl (C=O) groups excluding carboxylic acids is 1. The topological polar surface area (TPSA) is 154 Å². The second-order valence-electron chi connectivity index (χ2n) is 7.22. The number of amides is 1. The zero-order valence-corrected chi connectivity index (χ0v) is 17.0. The number of hydroxylamine groups is 1. The summed E-state index contributed by atoms with van der Waals surface area (Å²) in [6, 6.07) is 7.61. The van der Waals surface area contributed by atoms with E-state index in [-0.39, 0.29) is 39.1 Å². The Balaban J connectivity index is 1.46. The average molecular weight is 437 g/mol. The van der Waals surface area contributed by atoms with Crippen molar-refractivity contribution in [2.24, 2.45) is 0 Å². The van der Waals surface area contributed by atoms with E-state index in [0.29, 0.717) is 18.9 Å². The predicted octanol–water partition coefficient (Wildman–Crippen LogP) is -0.627. The summed E-state index contributed by atoms with van der Waals surface area (Å²) >= 11 is 0. The highest BCUT2D eigenvalue weighted by molar-refractivity contribution is 7.91. The van der Waals surface area contributed by atoms with Crippen LogP contribution in [-0.4, -0.2) is 88.6 Å². The van der Waals surface area contributed by atoms with E-state index in [2.05, 4.69) is 25.5 Å². The third-order valence-corrected chi connectivity index (χ3v) is 8.35. The number of sulfonamides is 1. The highest BCUT2D eigenvalue weighted by Crippen LogP contribution is 2.34. The molecule has 4 rings (SSSR count). The zero-order valence-electron chi connectivity index (χ0n) is 16.2. The molecule has 2 aromatic rings. The van der Waals surface area contributed by atoms with Gasteiger partial charge in [-0.2, -0.15) is 9.52 Å². The first-order valence-corrected chi connectivity index (χ1v) is 11.0. The maximum absolute atomic E-state index is 13.3. The number of nitrogens with one attached hydrogen (secondary N) is 2. The van der Waals surface area contributed by atoms with Gasteiger partial charge in [0, 0.05) is 63.5 Å². The second-order valence-corrected chi connectivity index (χ2v) is 9.47. The molecule has 2 fully saturated rings. The first-order valence-electron chi connectivity index (χ1n) is 9.59. The van der Waals surface area contributed by atoms with E-state index in [4.69, 9.17) is 9.94 Å². The minimum absolute atomic E-state index is 0.0134. The summed E-state index contributed by atoms with van der Waals surface area (Å²) in [6.45, 7) is 1.76. The molecule has 3 heterocycles. The first kappa shape index (κ1) is 20.7. The summed E-state index contributed by atoms with van der Waals surface area (Å²) < 4.78 is 31.6. The number of aromatic amines is 1. The molecule has 0 spiro atoms. The fraction of sp³-hybridized carbons (Fsp3) is 0.529. The predicted molar refractivity (Wildman–Crippen MR) is 105 cm³/mol. The van der Waals surface area contributed by atoms with Gasteiger partial charge in [-0.15, -0.1) is 10.2 Å². The van der Waals surface area contributed by atoms with Crippen molar-refractivity contribution in [3.8, 4) is 11.4 Å². The van der Waals surface area contributed by atoms with Gasteiger partial charge in [-0.3, -0.25) is 10.0 Å². The van der Waals surface area contributed by atoms with Gasteiger partial charge in [-0.05, 0) is 29.5 Å². The van der Waals surface area contributed by atoms with Gasteiger partial charge in [0.25, 0.3) is 5.91 Å². The number of ether oxygens (including phenoxy) is 1. The number of tetrazole rings is 1. The molecule has 2 saturated heterocycles. The van der Waals surface area contributed by atoms with Gasteiger partial charge in [0.15, 0.2) is 4.75 Å². The Kier molecular flexibility index (Phi) is 5.69. The maximum Gasteiger partial charge on any atom is 0.266 e. The molecule has 3 N–H and O–H groups in total. The molecule has 162 valence electrons. The van der Waals surface area contributed by atoms with E-state index in [1.165, 1.54) is 4.31 Å². The van der Waals surface area contributed by atoms with E-state index >= 15 is 0 Å². The van der Waals surface area contributed by atoms with Gasteiger partial charge in [0.05, 0.1) is 0 Å². The third kappa shape index (κ3) is 3.53. The molecule has 2 aliphatic rings. The van der Waals surface area contributed by atoms with E-state index in [1.807, 2.05) is 24.3 Å². The lowest BCUT2D eigenvalue weighted by molar-refractivity contribution is -0.134. The van der Waals surface area contributed by atoms with E-state index in [1.54, 1.807) is 5.48 Å². The summed E-state index contributed by atoms with van der Waals surface area (Å²) in [5.41, 5.74) is 3.32. The molecule has 30 heavy (non-hydrogen) atoms. The van der Waals surface area contributed by atoms with Crippen LogP contribution in [0.25, 0.3) is 11.4 Å². The van der Waals surface area contributed by atoms with Crippen molar-refractivity contribution in [2.75, 3.05) is 44.3 Å². The highest BCUT2D eigenvalue weighted by Gasteiger charge is 2.54. The van der Waals surface area contributed by atoms with Gasteiger partial charge in [0.2, 0.25) is 15.8 Å². The Bertz CT molecular complexity index is 966. The van der Waals surface area contributed by atoms with Crippen LogP contribution >= 0.6 is 0 Å². The standard InChI is InChI=1S/C17H23N7O5S/c25-16(20-26)17(5-11-29-12-6-17)30(27,28)24-9-7-23(8-10-24)14-3-1-13(2-4-14)15-18-21-22-19-15/h1-4,26H,5-12H2,(H,20,25)(H,18,19,21,22). The van der Waals surface area contributed by atoms with Crippen molar-refractivity contribution >= 4 is 21.6 Å². The fourth-order valence-electron chi connectivity index (χ4n) is 3.94. The number of anilines is 1. The molecule has 0 aliphatic carbocycles. The van der Waals surface area contributed by atoms with Crippen LogP contribution in [0, 0.1) is 0 Å². The molecular weight excluding hydrogens is 414 g/mol. The van der Waals surface area contributed by atoms with Crippen molar-refractivity contribution in [1.29, 1.82) is 0 Å². The van der Waals surface area contributed by atoms with Crippen LogP contribution in [0.15, 0.2) is 24.3 Å². The van der Waals surface area contributed by atoms with Crippen LogP contribution in [0.1, 0.15) is 12.8 Å². The van der Waals surface area contributed by atoms with Gasteiger partial charge < -0.3 is 9.64 Å². The minimum Gasteiger partial charge on any atom is -0.381 e. The Morgan fingerprint density at radius 3 is 2.37 bits per heavy atom. The molecule has 1 aromatic heterocycles. The van der Waals surface area contributed by atoms with Crippen molar-refractivity contribution < 1.29 is 23.2 Å². The van der Waals surface area contributed by atoms with Gasteiger partial charge in [-0.25, -0.2) is 13.9 Å². The lowest BCUT2D eigenvalue weighted by Crippen LogP contribution is -2.62. The number of hydrogen-bond donors (Lipinski definition) is 3. The van der Waals surface area contributed by atoms with Crippen molar-refractivity contribution in [1.82, 2.24) is 30.4 Å². The van der Waals surface area contributed by atoms with Gasteiger partial charge in [0.1, 0.15) is 0 Å². The molecule has 0 atom stereocenters. The van der Waals surface area contributed by atoms with Crippen LogP contribution in [0.4, 0.5) is 5.69 Å². The number of H-pyrrole nitrogens is 1. The summed E-state index contributed by atoms with van der Waals surface area (Å²) in [7, 11) is -3.97. The molecule has 0 saturated carbocycles. The molecule has 1 amide bonds. The normalized spacial score (nSPS) is 20.1. The number of rotatable bonds is 5. The van der Waals surface area contributed by atoms with E-state index < -0.39 is 20.7 Å². The molecule has 0 unspecified atom stereocenters. The fourth-order valence-corrected chi connectivity index (χ4v) is 6.05. The van der Waals surface area contributed by atoms with Crippen LogP contribution in [-0.2, 0) is 19.6 Å². The molecule has 1 aromatic carbocycles. The molecule has 13 heteroatoms. The molecule has 0 radical (unpaired) electrons. The zero-order chi connectivity index (χ0) is 21.2. The number of carbonyl (C=O) groups is 1. The lowest BCUT2D eigenvalue weighted by Gasteiger charge is -2.42. The van der Waals surface area contributed by atoms with E-state index in [9.17, 15) is 13.2 Å².